The molecule has 0 heterocycles. The van der Waals surface area contributed by atoms with Crippen LogP contribution >= 0.6 is 0 Å². The Labute approximate surface area is 119 Å². The van der Waals surface area contributed by atoms with Crippen molar-refractivity contribution in [3.8, 4) is 5.75 Å². The molecule has 0 fully saturated rings. The van der Waals surface area contributed by atoms with Crippen molar-refractivity contribution in [3.05, 3.63) is 71.8 Å². The second-order valence-electron chi connectivity index (χ2n) is 4.30. The molecule has 0 aliphatic carbocycles. The summed E-state index contributed by atoms with van der Waals surface area (Å²) in [5.41, 5.74) is 8.00. The normalized spacial score (nSPS) is 11.8. The first-order valence-electron chi connectivity index (χ1n) is 6.44. The van der Waals surface area contributed by atoms with Gasteiger partial charge in [-0.25, -0.2) is 0 Å². The van der Waals surface area contributed by atoms with Crippen LogP contribution in [0.5, 0.6) is 5.75 Å². The van der Waals surface area contributed by atoms with Crippen LogP contribution in [0.25, 0.3) is 6.08 Å². The summed E-state index contributed by atoms with van der Waals surface area (Å²) in [5.74, 6) is 1.32. The number of para-hydroxylation sites is 1. The van der Waals surface area contributed by atoms with Gasteiger partial charge in [0.15, 0.2) is 0 Å². The molecule has 0 aliphatic rings. The Morgan fingerprint density at radius 3 is 2.55 bits per heavy atom. The zero-order valence-electron chi connectivity index (χ0n) is 11.5. The lowest BCUT2D eigenvalue weighted by Crippen LogP contribution is -2.07. The third-order valence-corrected chi connectivity index (χ3v) is 2.86. The molecule has 0 atom stereocenters. The molecule has 0 amide bonds. The van der Waals surface area contributed by atoms with Crippen LogP contribution < -0.4 is 10.5 Å². The predicted octanol–water partition coefficient (Wildman–Crippen LogP) is 3.27. The van der Waals surface area contributed by atoms with Gasteiger partial charge in [-0.05, 0) is 23.8 Å². The van der Waals surface area contributed by atoms with E-state index >= 15 is 0 Å². The van der Waals surface area contributed by atoms with Crippen LogP contribution in [0.2, 0.25) is 0 Å². The molecule has 0 spiro atoms. The molecule has 0 aromatic heterocycles. The predicted molar refractivity (Wildman–Crippen MR) is 83.8 cm³/mol. The van der Waals surface area contributed by atoms with Crippen molar-refractivity contribution in [2.75, 3.05) is 7.11 Å². The monoisotopic (exact) mass is 266 g/mol. The molecule has 3 nitrogen and oxygen atoms in total. The summed E-state index contributed by atoms with van der Waals surface area (Å²) in [6, 6.07) is 17.8. The highest BCUT2D eigenvalue weighted by molar-refractivity contribution is 5.95. The molecule has 0 aliphatic heterocycles. The maximum Gasteiger partial charge on any atom is 0.126 e. The highest BCUT2D eigenvalue weighted by atomic mass is 16.5. The Bertz CT molecular complexity index is 603. The van der Waals surface area contributed by atoms with Gasteiger partial charge in [-0.2, -0.15) is 0 Å². The summed E-state index contributed by atoms with van der Waals surface area (Å²) in [6.07, 6.45) is 3.70. The smallest absolute Gasteiger partial charge is 0.126 e. The second kappa shape index (κ2) is 7.14. The van der Waals surface area contributed by atoms with Crippen LogP contribution in [0.4, 0.5) is 0 Å². The van der Waals surface area contributed by atoms with Gasteiger partial charge in [0.1, 0.15) is 11.6 Å². The number of rotatable bonds is 5. The molecule has 0 saturated heterocycles. The van der Waals surface area contributed by atoms with Crippen molar-refractivity contribution in [1.29, 1.82) is 0 Å². The molecule has 0 radical (unpaired) electrons. The fourth-order valence-electron chi connectivity index (χ4n) is 1.80. The minimum atomic E-state index is 0.500. The number of benzene rings is 2. The molecule has 20 heavy (non-hydrogen) atoms. The minimum Gasteiger partial charge on any atom is -0.496 e. The Kier molecular flexibility index (Phi) is 4.95. The van der Waals surface area contributed by atoms with Crippen LogP contribution in [0.3, 0.4) is 0 Å². The van der Waals surface area contributed by atoms with Gasteiger partial charge >= 0.3 is 0 Å². The fraction of sp³-hybridized carbons (Fsp3) is 0.118. The Morgan fingerprint density at radius 2 is 1.80 bits per heavy atom. The number of nitrogens with two attached hydrogens (primary N) is 1. The number of amidine groups is 1. The SMILES string of the molecule is COc1ccccc1/C=C\C(N)=NCc1ccccc1. The van der Waals surface area contributed by atoms with Gasteiger partial charge in [0.25, 0.3) is 0 Å². The average Bonchev–Trinajstić information content (AvgIpc) is 2.52. The molecule has 2 rings (SSSR count). The number of hydrogen-bond donors (Lipinski definition) is 1. The van der Waals surface area contributed by atoms with Gasteiger partial charge in [-0.3, -0.25) is 4.99 Å². The van der Waals surface area contributed by atoms with Crippen LogP contribution in [0, 0.1) is 0 Å². The lowest BCUT2D eigenvalue weighted by atomic mass is 10.2. The largest absolute Gasteiger partial charge is 0.496 e. The lowest BCUT2D eigenvalue weighted by molar-refractivity contribution is 0.414. The standard InChI is InChI=1S/C17H18N2O/c1-20-16-10-6-5-9-15(16)11-12-17(18)19-13-14-7-3-2-4-8-14/h2-12H,13H2,1H3,(H2,18,19)/b12-11-. The second-order valence-corrected chi connectivity index (χ2v) is 4.30. The summed E-state index contributed by atoms with van der Waals surface area (Å²) >= 11 is 0. The lowest BCUT2D eigenvalue weighted by Gasteiger charge is -2.03. The van der Waals surface area contributed by atoms with E-state index < -0.39 is 0 Å². The number of nitrogens with zero attached hydrogens (tertiary/aromatic N) is 1. The fourth-order valence-corrected chi connectivity index (χ4v) is 1.80. The van der Waals surface area contributed by atoms with Crippen LogP contribution in [0.15, 0.2) is 65.7 Å². The molecule has 2 aromatic rings. The van der Waals surface area contributed by atoms with Crippen LogP contribution in [-0.4, -0.2) is 12.9 Å². The summed E-state index contributed by atoms with van der Waals surface area (Å²) < 4.78 is 5.27. The zero-order chi connectivity index (χ0) is 14.2. The first kappa shape index (κ1) is 13.9. The first-order valence-corrected chi connectivity index (χ1v) is 6.44. The van der Waals surface area contributed by atoms with Gasteiger partial charge < -0.3 is 10.5 Å². The average molecular weight is 266 g/mol. The van der Waals surface area contributed by atoms with Gasteiger partial charge in [-0.1, -0.05) is 48.5 Å². The Balaban J connectivity index is 2.03. The summed E-state index contributed by atoms with van der Waals surface area (Å²) in [6.45, 7) is 0.586. The van der Waals surface area contributed by atoms with Crippen molar-refractivity contribution < 1.29 is 4.74 Å². The van der Waals surface area contributed by atoms with E-state index in [4.69, 9.17) is 10.5 Å². The number of methoxy groups -OCH3 is 1. The van der Waals surface area contributed by atoms with E-state index in [0.717, 1.165) is 16.9 Å². The zero-order valence-corrected chi connectivity index (χ0v) is 11.5. The quantitative estimate of drug-likeness (QED) is 0.667. The summed E-state index contributed by atoms with van der Waals surface area (Å²) in [4.78, 5) is 4.33. The van der Waals surface area contributed by atoms with Crippen molar-refractivity contribution in [1.82, 2.24) is 0 Å². The van der Waals surface area contributed by atoms with E-state index in [1.54, 1.807) is 13.2 Å². The van der Waals surface area contributed by atoms with Crippen molar-refractivity contribution in [2.24, 2.45) is 10.7 Å². The summed E-state index contributed by atoms with van der Waals surface area (Å²) in [5, 5.41) is 0. The molecule has 2 N–H and O–H groups in total. The van der Waals surface area contributed by atoms with E-state index in [2.05, 4.69) is 4.99 Å². The van der Waals surface area contributed by atoms with Gasteiger partial charge in [-0.15, -0.1) is 0 Å². The van der Waals surface area contributed by atoms with E-state index in [1.807, 2.05) is 60.7 Å². The summed E-state index contributed by atoms with van der Waals surface area (Å²) in [7, 11) is 1.65. The molecule has 102 valence electrons. The van der Waals surface area contributed by atoms with Crippen molar-refractivity contribution in [3.63, 3.8) is 0 Å². The molecule has 2 aromatic carbocycles. The molecular weight excluding hydrogens is 248 g/mol. The maximum absolute atomic E-state index is 5.88. The van der Waals surface area contributed by atoms with Gasteiger partial charge in [0.2, 0.25) is 0 Å². The van der Waals surface area contributed by atoms with Crippen LogP contribution in [-0.2, 0) is 6.54 Å². The minimum absolute atomic E-state index is 0.500. The van der Waals surface area contributed by atoms with E-state index in [0.29, 0.717) is 12.4 Å². The molecule has 3 heteroatoms. The first-order chi connectivity index (χ1) is 9.79. The molecule has 0 unspecified atom stereocenters. The maximum atomic E-state index is 5.88. The third-order valence-electron chi connectivity index (χ3n) is 2.86. The van der Waals surface area contributed by atoms with Crippen molar-refractivity contribution in [2.45, 2.75) is 6.54 Å². The van der Waals surface area contributed by atoms with E-state index in [1.165, 1.54) is 0 Å². The third kappa shape index (κ3) is 3.99. The molecule has 0 bridgehead atoms. The highest BCUT2D eigenvalue weighted by Gasteiger charge is 1.96. The number of hydrogen-bond acceptors (Lipinski definition) is 2. The highest BCUT2D eigenvalue weighted by Crippen LogP contribution is 2.18. The van der Waals surface area contributed by atoms with Crippen LogP contribution in [0.1, 0.15) is 11.1 Å². The molecule has 0 saturated carbocycles. The topological polar surface area (TPSA) is 47.6 Å². The Hall–Kier alpha value is -2.55. The van der Waals surface area contributed by atoms with E-state index in [9.17, 15) is 0 Å². The number of ether oxygens (including phenoxy) is 1. The van der Waals surface area contributed by atoms with Gasteiger partial charge in [0.05, 0.1) is 13.7 Å². The Morgan fingerprint density at radius 1 is 1.10 bits per heavy atom. The van der Waals surface area contributed by atoms with Gasteiger partial charge in [0, 0.05) is 5.56 Å². The van der Waals surface area contributed by atoms with E-state index in [-0.39, 0.29) is 0 Å². The number of aliphatic imine (C=N–C) groups is 1. The molecular formula is C17H18N2O. The van der Waals surface area contributed by atoms with Crippen molar-refractivity contribution >= 4 is 11.9 Å².